The van der Waals surface area contributed by atoms with Gasteiger partial charge in [0.2, 0.25) is 0 Å². The molecule has 22 aromatic carbocycles. The third-order valence-electron chi connectivity index (χ3n) is 24.2. The number of benzene rings is 22. The zero-order valence-corrected chi connectivity index (χ0v) is 67.5. The Bertz CT molecular complexity index is 7700. The van der Waals surface area contributed by atoms with Crippen LogP contribution in [0, 0.1) is 0 Å². The smallest absolute Gasteiger partial charge is 0.171 e. The van der Waals surface area contributed by atoms with Gasteiger partial charge in [0, 0.05) is 31.8 Å². The molecule has 0 spiro atoms. The highest BCUT2D eigenvalue weighted by atomic mass is 31.2. The van der Waals surface area contributed by atoms with E-state index in [4.69, 9.17) is 0 Å². The molecule has 0 aliphatic heterocycles. The van der Waals surface area contributed by atoms with E-state index in [2.05, 4.69) is 352 Å². The Morgan fingerprint density at radius 3 is 0.692 bits per heavy atom. The van der Waals surface area contributed by atoms with Crippen molar-refractivity contribution in [2.75, 3.05) is 0 Å². The third-order valence-corrected chi connectivity index (χ3v) is 30.3. The van der Waals surface area contributed by atoms with E-state index in [1.165, 1.54) is 131 Å². The van der Waals surface area contributed by atoms with Gasteiger partial charge in [0.1, 0.15) is 0 Å². The van der Waals surface area contributed by atoms with Crippen LogP contribution in [0.25, 0.3) is 175 Å². The van der Waals surface area contributed by atoms with Crippen molar-refractivity contribution in [3.8, 4) is 89.0 Å². The van der Waals surface area contributed by atoms with Gasteiger partial charge >= 0.3 is 0 Å². The maximum Gasteiger partial charge on any atom is 0.171 e. The molecule has 0 bridgehead atoms. The number of hydrogen-bond acceptors (Lipinski definition) is 2. The lowest BCUT2D eigenvalue weighted by molar-refractivity contribution is 0.591. The zero-order chi connectivity index (χ0) is 80.1. The van der Waals surface area contributed by atoms with Crippen LogP contribution in [0.5, 0.6) is 0 Å². The summed E-state index contributed by atoms with van der Waals surface area (Å²) >= 11 is 0. The van der Waals surface area contributed by atoms with E-state index < -0.39 is 14.3 Å². The molecule has 0 aliphatic rings. The highest BCUT2D eigenvalue weighted by Crippen LogP contribution is 2.50. The van der Waals surface area contributed by atoms with Crippen molar-refractivity contribution in [3.05, 3.63) is 473 Å². The molecule has 0 saturated heterocycles. The van der Waals surface area contributed by atoms with E-state index in [0.29, 0.717) is 0 Å². The number of hydrogen-bond donors (Lipinski definition) is 0. The summed E-state index contributed by atoms with van der Waals surface area (Å²) in [5.74, 6) is 0. The summed E-state index contributed by atoms with van der Waals surface area (Å²) in [6.07, 6.45) is 0. The highest BCUT2D eigenvalue weighted by molar-refractivity contribution is 7.85. The Balaban J connectivity index is 0.000000149. The van der Waals surface area contributed by atoms with E-state index in [1.54, 1.807) is 0 Å². The molecule has 0 unspecified atom stereocenters. The fraction of sp³-hybridized carbons (Fsp3) is 0. The third kappa shape index (κ3) is 13.3. The fourth-order valence-corrected chi connectivity index (χ4v) is 23.6. The van der Waals surface area contributed by atoms with Crippen LogP contribution in [0.4, 0.5) is 0 Å². The Kier molecular flexibility index (Phi) is 18.9. The summed E-state index contributed by atoms with van der Waals surface area (Å²) in [6, 6.07) is 168. The van der Waals surface area contributed by atoms with E-state index >= 15 is 9.13 Å². The molecule has 0 aromatic heterocycles. The molecule has 0 aliphatic carbocycles. The highest BCUT2D eigenvalue weighted by Gasteiger charge is 2.32. The largest absolute Gasteiger partial charge is 0.309 e. The molecule has 0 atom stereocenters. The average molecular weight is 1570 g/mol. The van der Waals surface area contributed by atoms with Crippen LogP contribution in [-0.2, 0) is 9.13 Å². The van der Waals surface area contributed by atoms with Gasteiger partial charge in [0.05, 0.1) is 0 Å². The molecule has 22 aromatic rings. The molecular formula is C116H78O2P2. The lowest BCUT2D eigenvalue weighted by Crippen LogP contribution is -2.24. The fourth-order valence-electron chi connectivity index (χ4n) is 18.2. The first-order valence-corrected chi connectivity index (χ1v) is 44.4. The van der Waals surface area contributed by atoms with Gasteiger partial charge in [-0.05, 0) is 224 Å². The molecule has 22 rings (SSSR count). The molecule has 0 amide bonds. The standard InChI is InChI=1S/C60H41OP.C56H37OP/c61-62(52-19-9-3-10-20-52,53-21-11-4-12-22-53)54-37-35-49-39-48(33-34-50(49)40-54)51-36-38-57-58(41-51)60(47-31-27-45(28-32-47)43-17-7-2-8-18-43)56-24-14-13-23-55(56)59(57)46-29-25-44(26-30-46)42-15-5-1-6-16-42;57-58(48-17-3-1-4-18-48,49-19-5-2-6-20-49)50-31-29-43-33-42(25-26-44(43)36-50)45-30-32-53-54(37-45)56(47-28-24-39-14-8-10-16-41(39)35-47)52-22-12-11-21-51(52)55(53)46-27-23-38-13-7-9-15-40(38)34-46/h1-41H;1-37H. The van der Waals surface area contributed by atoms with Crippen LogP contribution in [0.15, 0.2) is 473 Å². The minimum atomic E-state index is -3.10. The second-order valence-corrected chi connectivity index (χ2v) is 36.7. The van der Waals surface area contributed by atoms with Crippen LogP contribution in [0.3, 0.4) is 0 Å². The molecule has 0 fully saturated rings. The molecule has 120 heavy (non-hydrogen) atoms. The van der Waals surface area contributed by atoms with Crippen LogP contribution < -0.4 is 31.8 Å². The van der Waals surface area contributed by atoms with Crippen LogP contribution >= 0.6 is 14.3 Å². The van der Waals surface area contributed by atoms with E-state index in [0.717, 1.165) is 75.6 Å². The Hall–Kier alpha value is -14.6. The van der Waals surface area contributed by atoms with Crippen molar-refractivity contribution in [2.45, 2.75) is 0 Å². The summed E-state index contributed by atoms with van der Waals surface area (Å²) in [6.45, 7) is 0. The van der Waals surface area contributed by atoms with Crippen molar-refractivity contribution < 1.29 is 9.13 Å². The Morgan fingerprint density at radius 2 is 0.325 bits per heavy atom. The number of rotatable bonds is 14. The van der Waals surface area contributed by atoms with Crippen LogP contribution in [-0.4, -0.2) is 0 Å². The summed E-state index contributed by atoms with van der Waals surface area (Å²) in [5.41, 5.74) is 19.1. The molecule has 0 N–H and O–H groups in total. The maximum atomic E-state index is 15.2. The van der Waals surface area contributed by atoms with E-state index in [1.807, 2.05) is 121 Å². The molecule has 0 radical (unpaired) electrons. The summed E-state index contributed by atoms with van der Waals surface area (Å²) < 4.78 is 30.4. The van der Waals surface area contributed by atoms with E-state index in [9.17, 15) is 0 Å². The van der Waals surface area contributed by atoms with Gasteiger partial charge in [-0.2, -0.15) is 0 Å². The SMILES string of the molecule is O=P(c1ccccc1)(c1ccccc1)c1ccc2cc(-c3ccc4c(-c5ccc(-c6ccccc6)cc5)c5ccccc5c(-c5ccc(-c6ccccc6)cc5)c4c3)ccc2c1.O=P(c1ccccc1)(c1ccccc1)c1ccc2cc(-c3ccc4c(-c5ccc6ccccc6c5)c5ccccc5c(-c5ccc6ccccc6c5)c4c3)ccc2c1. The van der Waals surface area contributed by atoms with Gasteiger partial charge < -0.3 is 9.13 Å². The molecule has 0 saturated carbocycles. The topological polar surface area (TPSA) is 34.1 Å². The lowest BCUT2D eigenvalue weighted by atomic mass is 9.84. The quantitative estimate of drug-likeness (QED) is 0.0803. The first-order chi connectivity index (χ1) is 59.2. The normalized spacial score (nSPS) is 11.7. The molecule has 564 valence electrons. The lowest BCUT2D eigenvalue weighted by Gasteiger charge is -2.20. The van der Waals surface area contributed by atoms with Gasteiger partial charge in [-0.1, -0.05) is 425 Å². The second kappa shape index (κ2) is 31.1. The molecule has 2 nitrogen and oxygen atoms in total. The first kappa shape index (κ1) is 73.0. The average Bonchev–Trinajstić information content (AvgIpc) is 0.728. The van der Waals surface area contributed by atoms with Crippen molar-refractivity contribution >= 4 is 132 Å². The van der Waals surface area contributed by atoms with E-state index in [-0.39, 0.29) is 0 Å². The Morgan fingerprint density at radius 1 is 0.117 bits per heavy atom. The predicted molar refractivity (Wildman–Crippen MR) is 515 cm³/mol. The number of fused-ring (bicyclic) bond motifs is 8. The zero-order valence-electron chi connectivity index (χ0n) is 65.7. The molecule has 0 heterocycles. The van der Waals surface area contributed by atoms with Gasteiger partial charge in [-0.3, -0.25) is 0 Å². The second-order valence-electron chi connectivity index (χ2n) is 31.2. The monoisotopic (exact) mass is 1560 g/mol. The maximum absolute atomic E-state index is 15.2. The van der Waals surface area contributed by atoms with Crippen molar-refractivity contribution in [1.29, 1.82) is 0 Å². The van der Waals surface area contributed by atoms with Gasteiger partial charge in [-0.15, -0.1) is 0 Å². The summed E-state index contributed by atoms with van der Waals surface area (Å²) in [4.78, 5) is 0. The first-order valence-electron chi connectivity index (χ1n) is 41.0. The molecular weight excluding hydrogens is 1490 g/mol. The van der Waals surface area contributed by atoms with Crippen molar-refractivity contribution in [1.82, 2.24) is 0 Å². The van der Waals surface area contributed by atoms with Crippen LogP contribution in [0.2, 0.25) is 0 Å². The van der Waals surface area contributed by atoms with Crippen LogP contribution in [0.1, 0.15) is 0 Å². The van der Waals surface area contributed by atoms with Gasteiger partial charge in [-0.25, -0.2) is 0 Å². The van der Waals surface area contributed by atoms with Crippen molar-refractivity contribution in [2.24, 2.45) is 0 Å². The summed E-state index contributed by atoms with van der Waals surface area (Å²) in [7, 11) is -6.20. The minimum absolute atomic E-state index is 0.833. The molecule has 4 heteroatoms. The van der Waals surface area contributed by atoms with Gasteiger partial charge in [0.15, 0.2) is 14.3 Å². The predicted octanol–water partition coefficient (Wildman–Crippen LogP) is 29.2. The summed E-state index contributed by atoms with van der Waals surface area (Å²) in [5, 5.41) is 24.1. The Labute approximate surface area is 698 Å². The minimum Gasteiger partial charge on any atom is -0.309 e. The van der Waals surface area contributed by atoms with Crippen molar-refractivity contribution in [3.63, 3.8) is 0 Å². The van der Waals surface area contributed by atoms with Gasteiger partial charge in [0.25, 0.3) is 0 Å².